The van der Waals surface area contributed by atoms with Crippen molar-refractivity contribution in [2.75, 3.05) is 0 Å². The van der Waals surface area contributed by atoms with Crippen molar-refractivity contribution in [1.29, 1.82) is 0 Å². The lowest BCUT2D eigenvalue weighted by Gasteiger charge is -2.58. The van der Waals surface area contributed by atoms with Gasteiger partial charge in [-0.1, -0.05) is 114 Å². The second kappa shape index (κ2) is 16.7. The number of ether oxygens (including phenoxy) is 1. The predicted octanol–water partition coefficient (Wildman–Crippen LogP) is 14.3. The zero-order valence-electron chi connectivity index (χ0n) is 35.1. The number of aryl methyl sites for hydroxylation is 1. The van der Waals surface area contributed by atoms with Gasteiger partial charge in [-0.15, -0.1) is 0 Å². The first kappa shape index (κ1) is 39.2. The molecule has 3 aromatic carbocycles. The van der Waals surface area contributed by atoms with Gasteiger partial charge in [-0.2, -0.15) is 0 Å². The van der Waals surface area contributed by atoms with Gasteiger partial charge in [0.15, 0.2) is 0 Å². The maximum atomic E-state index is 13.6. The Kier molecular flexibility index (Phi) is 11.7. The van der Waals surface area contributed by atoms with E-state index in [0.29, 0.717) is 16.9 Å². The van der Waals surface area contributed by atoms with Crippen LogP contribution in [0, 0.1) is 46.3 Å². The Hall–Kier alpha value is -3.59. The Morgan fingerprint density at radius 3 is 2.43 bits per heavy atom. The van der Waals surface area contributed by atoms with Crippen LogP contribution in [0.25, 0.3) is 11.0 Å². The third-order valence-corrected chi connectivity index (χ3v) is 16.0. The smallest absolute Gasteiger partial charge is 0.338 e. The van der Waals surface area contributed by atoms with E-state index in [2.05, 4.69) is 101 Å². The average molecular weight is 753 g/mol. The lowest BCUT2D eigenvalue weighted by Crippen LogP contribution is -2.51. The summed E-state index contributed by atoms with van der Waals surface area (Å²) >= 11 is 0. The van der Waals surface area contributed by atoms with Gasteiger partial charge >= 0.3 is 5.97 Å². The number of furan rings is 1. The van der Waals surface area contributed by atoms with Crippen LogP contribution in [0.3, 0.4) is 0 Å². The Labute approximate surface area is 338 Å². The quantitative estimate of drug-likeness (QED) is 0.0951. The molecule has 1 aromatic heterocycles. The summed E-state index contributed by atoms with van der Waals surface area (Å²) in [5, 5.41) is 1.17. The van der Waals surface area contributed by atoms with Crippen molar-refractivity contribution in [2.24, 2.45) is 46.3 Å². The second-order valence-corrected chi connectivity index (χ2v) is 19.8. The fourth-order valence-electron chi connectivity index (χ4n) is 12.9. The highest BCUT2D eigenvalue weighted by Gasteiger charge is 2.59. The first-order valence-electron chi connectivity index (χ1n) is 22.6. The van der Waals surface area contributed by atoms with E-state index in [1.165, 1.54) is 73.4 Å². The molecule has 4 aliphatic rings. The van der Waals surface area contributed by atoms with Crippen LogP contribution < -0.4 is 0 Å². The molecule has 0 spiro atoms. The summed E-state index contributed by atoms with van der Waals surface area (Å²) in [7, 11) is 0. The molecule has 298 valence electrons. The first-order chi connectivity index (χ1) is 27.1. The van der Waals surface area contributed by atoms with Gasteiger partial charge in [0, 0.05) is 11.8 Å². The SMILES string of the molecule is CC(C)CCC[C@@H](C)[C@H]1CC[C@H]2[C@@H]3CC=C4C[C@@H](OC(=O)c5ccc(C[C@H](CCCc6ccc7occc7c6)c6ccccc6)cc5)CC[C@]4(C)[C@H]3CC[C@]12C. The van der Waals surface area contributed by atoms with Gasteiger partial charge in [-0.25, -0.2) is 4.79 Å². The monoisotopic (exact) mass is 753 g/mol. The fraction of sp³-hybridized carbons (Fsp3) is 0.566. The van der Waals surface area contributed by atoms with Crippen LogP contribution in [-0.2, 0) is 17.6 Å². The minimum absolute atomic E-state index is 0.0221. The van der Waals surface area contributed by atoms with Crippen molar-refractivity contribution in [3.8, 4) is 0 Å². The van der Waals surface area contributed by atoms with E-state index < -0.39 is 0 Å². The minimum atomic E-state index is -0.165. The van der Waals surface area contributed by atoms with Crippen molar-refractivity contribution in [3.05, 3.63) is 119 Å². The van der Waals surface area contributed by atoms with Crippen molar-refractivity contribution >= 4 is 16.9 Å². The lowest BCUT2D eigenvalue weighted by atomic mass is 9.47. The van der Waals surface area contributed by atoms with Gasteiger partial charge in [-0.3, -0.25) is 0 Å². The third-order valence-electron chi connectivity index (χ3n) is 16.0. The number of rotatable bonds is 14. The summed E-state index contributed by atoms with van der Waals surface area (Å²) in [5.41, 5.74) is 8.00. The molecule has 56 heavy (non-hydrogen) atoms. The van der Waals surface area contributed by atoms with Crippen molar-refractivity contribution in [1.82, 2.24) is 0 Å². The number of hydrogen-bond acceptors (Lipinski definition) is 3. The summed E-state index contributed by atoms with van der Waals surface area (Å²) in [6.45, 7) is 12.6. The highest BCUT2D eigenvalue weighted by Crippen LogP contribution is 2.67. The highest BCUT2D eigenvalue weighted by atomic mass is 16.5. The average Bonchev–Trinajstić information content (AvgIpc) is 3.82. The van der Waals surface area contributed by atoms with Crippen LogP contribution in [0.15, 0.2) is 101 Å². The number of fused-ring (bicyclic) bond motifs is 6. The Balaban J connectivity index is 0.861. The number of allylic oxidation sites excluding steroid dienone is 1. The number of esters is 1. The van der Waals surface area contributed by atoms with Crippen LogP contribution in [-0.4, -0.2) is 12.1 Å². The number of carbonyl (C=O) groups is 1. The van der Waals surface area contributed by atoms with Crippen molar-refractivity contribution < 1.29 is 13.9 Å². The molecule has 0 radical (unpaired) electrons. The summed E-state index contributed by atoms with van der Waals surface area (Å²) in [5.74, 6) is 5.30. The zero-order chi connectivity index (χ0) is 38.9. The molecule has 3 nitrogen and oxygen atoms in total. The summed E-state index contributed by atoms with van der Waals surface area (Å²) < 4.78 is 11.8. The molecule has 0 bridgehead atoms. The largest absolute Gasteiger partial charge is 0.464 e. The van der Waals surface area contributed by atoms with Crippen molar-refractivity contribution in [2.45, 2.75) is 143 Å². The Bertz CT molecular complexity index is 1950. The Morgan fingerprint density at radius 2 is 1.62 bits per heavy atom. The standard InChI is InChI=1S/C53H68O3/c1-36(2)11-9-12-37(3)47-24-25-48-46-23-22-44-35-45(27-30-52(44,4)49(46)28-31-53(47,48)5)56-51(54)41-20-17-39(18-21-41)33-42(40-14-7-6-8-15-40)16-10-13-38-19-26-50-43(34-38)29-32-55-50/h6-8,14-15,17-22,26,29,32,34,36-37,42,45-49H,9-13,16,23-25,27-28,30-31,33,35H2,1-5H3/t37-,42+,45+,46+,47-,48+,49+,52+,53-/m1/s1. The molecule has 3 saturated carbocycles. The third kappa shape index (κ3) is 8.08. The van der Waals surface area contributed by atoms with E-state index in [1.807, 2.05) is 18.2 Å². The normalized spacial score (nSPS) is 29.6. The van der Waals surface area contributed by atoms with Crippen LogP contribution in [0.4, 0.5) is 0 Å². The predicted molar refractivity (Wildman–Crippen MR) is 231 cm³/mol. The molecule has 0 aliphatic heterocycles. The van der Waals surface area contributed by atoms with E-state index in [9.17, 15) is 4.79 Å². The van der Waals surface area contributed by atoms with Crippen molar-refractivity contribution in [3.63, 3.8) is 0 Å². The van der Waals surface area contributed by atoms with E-state index >= 15 is 0 Å². The number of hydrogen-bond donors (Lipinski definition) is 0. The van der Waals surface area contributed by atoms with Gasteiger partial charge in [0.1, 0.15) is 11.7 Å². The maximum absolute atomic E-state index is 13.6. The van der Waals surface area contributed by atoms with E-state index in [1.54, 1.807) is 11.8 Å². The second-order valence-electron chi connectivity index (χ2n) is 19.8. The topological polar surface area (TPSA) is 39.4 Å². The first-order valence-corrected chi connectivity index (χ1v) is 22.6. The molecule has 4 aromatic rings. The molecule has 3 heteroatoms. The molecule has 4 aliphatic carbocycles. The maximum Gasteiger partial charge on any atom is 0.338 e. The van der Waals surface area contributed by atoms with Gasteiger partial charge in [0.25, 0.3) is 0 Å². The van der Waals surface area contributed by atoms with Crippen LogP contribution >= 0.6 is 0 Å². The zero-order valence-corrected chi connectivity index (χ0v) is 35.1. The molecular weight excluding hydrogens is 685 g/mol. The molecule has 3 fully saturated rings. The molecule has 0 N–H and O–H groups in total. The summed E-state index contributed by atoms with van der Waals surface area (Å²) in [6, 6.07) is 27.8. The Morgan fingerprint density at radius 1 is 0.821 bits per heavy atom. The highest BCUT2D eigenvalue weighted by molar-refractivity contribution is 5.89. The van der Waals surface area contributed by atoms with Crippen LogP contribution in [0.5, 0.6) is 0 Å². The number of benzene rings is 3. The van der Waals surface area contributed by atoms with Crippen LogP contribution in [0.1, 0.15) is 151 Å². The van der Waals surface area contributed by atoms with Gasteiger partial charge < -0.3 is 9.15 Å². The fourth-order valence-corrected chi connectivity index (χ4v) is 12.9. The molecule has 1 heterocycles. The van der Waals surface area contributed by atoms with E-state index in [-0.39, 0.29) is 17.5 Å². The molecule has 0 saturated heterocycles. The van der Waals surface area contributed by atoms with Gasteiger partial charge in [0.2, 0.25) is 0 Å². The minimum Gasteiger partial charge on any atom is -0.464 e. The summed E-state index contributed by atoms with van der Waals surface area (Å²) in [4.78, 5) is 13.6. The summed E-state index contributed by atoms with van der Waals surface area (Å²) in [6.07, 6.45) is 22.7. The van der Waals surface area contributed by atoms with E-state index in [0.717, 1.165) is 86.0 Å². The lowest BCUT2D eigenvalue weighted by molar-refractivity contribution is -0.0594. The molecule has 0 unspecified atom stereocenters. The molecule has 9 atom stereocenters. The number of carbonyl (C=O) groups excluding carboxylic acids is 1. The van der Waals surface area contributed by atoms with Gasteiger partial charge in [-0.05, 0) is 170 Å². The van der Waals surface area contributed by atoms with Gasteiger partial charge in [0.05, 0.1) is 11.8 Å². The van der Waals surface area contributed by atoms with Crippen LogP contribution in [0.2, 0.25) is 0 Å². The molecule has 0 amide bonds. The molecular formula is C53H68O3. The van der Waals surface area contributed by atoms with E-state index in [4.69, 9.17) is 9.15 Å². The molecule has 8 rings (SSSR count).